The number of furan rings is 1. The third-order valence-corrected chi connectivity index (χ3v) is 25.7. The molecule has 0 fully saturated rings. The summed E-state index contributed by atoms with van der Waals surface area (Å²) in [4.78, 5) is 29.9. The van der Waals surface area contributed by atoms with Gasteiger partial charge in [0.25, 0.3) is 0 Å². The minimum Gasteiger partial charge on any atom is -0.456 e. The molecule has 0 saturated heterocycles. The van der Waals surface area contributed by atoms with Crippen molar-refractivity contribution in [1.29, 1.82) is 0 Å². The zero-order valence-electron chi connectivity index (χ0n) is 60.9. The minimum absolute atomic E-state index is 0.611. The molecule has 24 aromatic rings. The Kier molecular flexibility index (Phi) is 15.3. The summed E-state index contributed by atoms with van der Waals surface area (Å²) in [6.07, 6.45) is 0. The van der Waals surface area contributed by atoms with Crippen LogP contribution in [0.4, 0.5) is 0 Å². The summed E-state index contributed by atoms with van der Waals surface area (Å²) in [5.74, 6) is 3.85. The monoisotopic (exact) mass is 1510 g/mol. The van der Waals surface area contributed by atoms with Crippen LogP contribution >= 0.6 is 34.0 Å². The van der Waals surface area contributed by atoms with E-state index in [0.717, 1.165) is 77.7 Å². The van der Waals surface area contributed by atoms with Crippen LogP contribution in [0.1, 0.15) is 0 Å². The molecule has 0 aliphatic carbocycles. The maximum absolute atomic E-state index is 6.44. The minimum atomic E-state index is 0.611. The molecule has 12 heteroatoms. The Morgan fingerprint density at radius 2 is 0.509 bits per heavy atom. The molecule has 0 spiro atoms. The van der Waals surface area contributed by atoms with Crippen molar-refractivity contribution in [3.05, 3.63) is 364 Å². The van der Waals surface area contributed by atoms with Crippen molar-refractivity contribution in [3.8, 4) is 102 Å². The molecule has 8 aromatic heterocycles. The Balaban J connectivity index is 0.000000135. The molecule has 24 rings (SSSR count). The number of hydrogen-bond donors (Lipinski definition) is 0. The first-order chi connectivity index (χ1) is 56.5. The molecule has 0 aliphatic heterocycles. The molecule has 0 N–H and O–H groups in total. The van der Waals surface area contributed by atoms with Gasteiger partial charge in [-0.15, -0.1) is 34.0 Å². The molecule has 16 aromatic carbocycles. The van der Waals surface area contributed by atoms with E-state index in [1.807, 2.05) is 167 Å². The van der Waals surface area contributed by atoms with Gasteiger partial charge in [0, 0.05) is 138 Å². The third-order valence-electron chi connectivity index (χ3n) is 22.1. The fourth-order valence-corrected chi connectivity index (χ4v) is 20.3. The lowest BCUT2D eigenvalue weighted by molar-refractivity contribution is 0.669. The van der Waals surface area contributed by atoms with Gasteiger partial charge in [-0.1, -0.05) is 243 Å². The van der Waals surface area contributed by atoms with E-state index < -0.39 is 0 Å². The van der Waals surface area contributed by atoms with Crippen LogP contribution in [-0.4, -0.2) is 39.0 Å². The van der Waals surface area contributed by atoms with Crippen molar-refractivity contribution >= 4 is 160 Å². The normalized spacial score (nSPS) is 11.9. The van der Waals surface area contributed by atoms with Crippen LogP contribution in [0.25, 0.3) is 228 Å². The topological polar surface area (TPSA) is 100 Å². The van der Waals surface area contributed by atoms with Gasteiger partial charge in [0.15, 0.2) is 34.9 Å². The first-order valence-electron chi connectivity index (χ1n) is 38.0. The molecule has 532 valence electrons. The van der Waals surface area contributed by atoms with E-state index in [-0.39, 0.29) is 0 Å². The van der Waals surface area contributed by atoms with E-state index >= 15 is 0 Å². The second-order valence-corrected chi connectivity index (χ2v) is 32.0. The zero-order valence-corrected chi connectivity index (χ0v) is 63.3. The molecular weight excluding hydrogens is 1450 g/mol. The third kappa shape index (κ3) is 11.0. The summed E-state index contributed by atoms with van der Waals surface area (Å²) >= 11 is 5.57. The Hall–Kier alpha value is -14.4. The highest BCUT2D eigenvalue weighted by Gasteiger charge is 2.23. The fraction of sp³-hybridized carbons (Fsp3) is 0. The van der Waals surface area contributed by atoms with Gasteiger partial charge in [-0.3, -0.25) is 0 Å². The van der Waals surface area contributed by atoms with Crippen LogP contribution in [-0.2, 0) is 0 Å². The molecule has 0 saturated carbocycles. The van der Waals surface area contributed by atoms with E-state index in [9.17, 15) is 0 Å². The standard InChI is InChI=1S/C51H30N4OS.C51H30N4S2/c1-3-12-31(13-4-1)49-52-50(32-14-5-2-6-15-32)54-51(53-49)34-23-26-45-41(29-34)42-30-35(24-27-46(42)56-45)55-43-20-9-7-16-37(43)40-28-33(22-25-44(40)55)36-18-11-19-39-38-17-8-10-21-47(38)57-48(36)39;1-3-12-31(13-4-1)49-52-50(32-14-5-2-6-15-32)54-51(53-49)34-23-26-46-41(29-34)42-30-35(24-27-47(42)56-46)55-43-20-9-7-16-37(43)40-28-33(22-25-44(40)55)36-18-11-19-39-38-17-8-10-21-45(38)57-48(36)39/h2*1-30H. The molecule has 0 amide bonds. The van der Waals surface area contributed by atoms with E-state index in [4.69, 9.17) is 34.3 Å². The molecular formula is C102H60N8OS3. The number of para-hydroxylation sites is 2. The summed E-state index contributed by atoms with van der Waals surface area (Å²) in [5, 5.41) is 14.6. The zero-order chi connectivity index (χ0) is 74.9. The van der Waals surface area contributed by atoms with Crippen LogP contribution in [0.5, 0.6) is 0 Å². The number of aromatic nitrogens is 8. The second-order valence-electron chi connectivity index (χ2n) is 28.8. The van der Waals surface area contributed by atoms with Crippen LogP contribution in [0.15, 0.2) is 368 Å². The molecule has 0 radical (unpaired) electrons. The van der Waals surface area contributed by atoms with Crippen molar-refractivity contribution in [2.24, 2.45) is 0 Å². The van der Waals surface area contributed by atoms with Gasteiger partial charge >= 0.3 is 0 Å². The average Bonchev–Trinajstić information content (AvgIpc) is 1.58. The highest BCUT2D eigenvalue weighted by atomic mass is 32.1. The molecule has 8 heterocycles. The van der Waals surface area contributed by atoms with E-state index in [0.29, 0.717) is 34.9 Å². The van der Waals surface area contributed by atoms with Crippen molar-refractivity contribution < 1.29 is 4.42 Å². The molecule has 0 bridgehead atoms. The highest BCUT2D eigenvalue weighted by molar-refractivity contribution is 7.27. The van der Waals surface area contributed by atoms with Crippen LogP contribution in [0.3, 0.4) is 0 Å². The lowest BCUT2D eigenvalue weighted by atomic mass is 10.0. The number of nitrogens with zero attached hydrogens (tertiary/aromatic N) is 8. The van der Waals surface area contributed by atoms with Crippen molar-refractivity contribution in [2.75, 3.05) is 0 Å². The van der Waals surface area contributed by atoms with Gasteiger partial charge in [0.05, 0.1) is 22.1 Å². The Morgan fingerprint density at radius 3 is 0.982 bits per heavy atom. The molecule has 9 nitrogen and oxygen atoms in total. The highest BCUT2D eigenvalue weighted by Crippen LogP contribution is 2.47. The Morgan fingerprint density at radius 1 is 0.193 bits per heavy atom. The predicted octanol–water partition coefficient (Wildman–Crippen LogP) is 28.3. The van der Waals surface area contributed by atoms with Gasteiger partial charge in [-0.05, 0) is 144 Å². The van der Waals surface area contributed by atoms with Gasteiger partial charge in [-0.25, -0.2) is 29.9 Å². The van der Waals surface area contributed by atoms with E-state index in [1.54, 1.807) is 0 Å². The number of thiophene rings is 3. The smallest absolute Gasteiger partial charge is 0.164 e. The maximum atomic E-state index is 6.44. The number of rotatable bonds is 10. The Bertz CT molecular complexity index is 7410. The average molecular weight is 1510 g/mol. The first kappa shape index (κ1) is 65.5. The summed E-state index contributed by atoms with van der Waals surface area (Å²) in [6, 6.07) is 129. The summed E-state index contributed by atoms with van der Waals surface area (Å²) in [7, 11) is 0. The second kappa shape index (κ2) is 26.7. The van der Waals surface area contributed by atoms with Crippen LogP contribution < -0.4 is 0 Å². The summed E-state index contributed by atoms with van der Waals surface area (Å²) < 4.78 is 19.0. The number of benzene rings is 16. The van der Waals surface area contributed by atoms with Gasteiger partial charge in [0.1, 0.15) is 11.2 Å². The quantitative estimate of drug-likeness (QED) is 0.134. The van der Waals surface area contributed by atoms with Gasteiger partial charge in [0.2, 0.25) is 0 Å². The van der Waals surface area contributed by atoms with Crippen molar-refractivity contribution in [3.63, 3.8) is 0 Å². The van der Waals surface area contributed by atoms with Crippen molar-refractivity contribution in [2.45, 2.75) is 0 Å². The van der Waals surface area contributed by atoms with Crippen molar-refractivity contribution in [1.82, 2.24) is 39.0 Å². The SMILES string of the molecule is c1ccc(-c2nc(-c3ccccc3)nc(-c3ccc4oc5ccc(-n6c7ccccc7c7cc(-c8cccc9c8sc8ccccc89)ccc76)cc5c4c3)n2)cc1.c1ccc(-c2nc(-c3ccccc3)nc(-c3ccc4sc5ccc(-n6c7ccccc7c7cc(-c8cccc9c8sc8ccccc89)ccc76)cc5c4c3)n2)cc1. The molecule has 0 unspecified atom stereocenters. The predicted molar refractivity (Wildman–Crippen MR) is 478 cm³/mol. The van der Waals surface area contributed by atoms with Crippen LogP contribution in [0.2, 0.25) is 0 Å². The molecule has 0 atom stereocenters. The van der Waals surface area contributed by atoms with E-state index in [1.165, 1.54) is 115 Å². The van der Waals surface area contributed by atoms with E-state index in [2.05, 4.69) is 240 Å². The largest absolute Gasteiger partial charge is 0.456 e. The Labute approximate surface area is 664 Å². The van der Waals surface area contributed by atoms with Crippen LogP contribution in [0, 0.1) is 0 Å². The van der Waals surface area contributed by atoms with Gasteiger partial charge < -0.3 is 13.6 Å². The first-order valence-corrected chi connectivity index (χ1v) is 40.5. The summed E-state index contributed by atoms with van der Waals surface area (Å²) in [6.45, 7) is 0. The summed E-state index contributed by atoms with van der Waals surface area (Å²) in [5.41, 5.74) is 19.2. The number of fused-ring (bicyclic) bond motifs is 18. The number of hydrogen-bond acceptors (Lipinski definition) is 10. The fourth-order valence-electron chi connectivity index (χ4n) is 16.7. The lowest BCUT2D eigenvalue weighted by Gasteiger charge is -2.10. The lowest BCUT2D eigenvalue weighted by Crippen LogP contribution is -2.00. The maximum Gasteiger partial charge on any atom is 0.164 e. The molecule has 0 aliphatic rings. The molecule has 114 heavy (non-hydrogen) atoms. The van der Waals surface area contributed by atoms with Gasteiger partial charge in [-0.2, -0.15) is 0 Å².